The van der Waals surface area contributed by atoms with Crippen molar-refractivity contribution >= 4 is 40.6 Å². The average molecular weight is 402 g/mol. The van der Waals surface area contributed by atoms with Crippen LogP contribution in [-0.4, -0.2) is 5.84 Å². The molecule has 0 spiro atoms. The van der Waals surface area contributed by atoms with Gasteiger partial charge in [0.1, 0.15) is 11.9 Å². The van der Waals surface area contributed by atoms with Crippen LogP contribution in [0.2, 0.25) is 15.1 Å². The molecule has 0 saturated carbocycles. The summed E-state index contributed by atoms with van der Waals surface area (Å²) >= 11 is 18.1. The van der Waals surface area contributed by atoms with Crippen LogP contribution < -0.4 is 5.32 Å². The molecule has 0 unspecified atom stereocenters. The fraction of sp³-hybridized carbons (Fsp3) is 0.0952. The molecule has 0 aliphatic carbocycles. The van der Waals surface area contributed by atoms with Gasteiger partial charge in [0.05, 0.1) is 6.04 Å². The van der Waals surface area contributed by atoms with Crippen molar-refractivity contribution in [3.05, 3.63) is 105 Å². The first-order valence-electron chi connectivity index (χ1n) is 8.21. The second-order valence-corrected chi connectivity index (χ2v) is 7.46. The topological polar surface area (TPSA) is 24.4 Å². The molecular formula is C21H15Cl3N2. The number of rotatable bonds is 3. The van der Waals surface area contributed by atoms with Crippen LogP contribution in [0.25, 0.3) is 0 Å². The van der Waals surface area contributed by atoms with E-state index in [1.165, 1.54) is 0 Å². The monoisotopic (exact) mass is 400 g/mol. The smallest absolute Gasteiger partial charge is 0.129 e. The Kier molecular flexibility index (Phi) is 4.90. The summed E-state index contributed by atoms with van der Waals surface area (Å²) in [6.45, 7) is 0. The lowest BCUT2D eigenvalue weighted by Crippen LogP contribution is -2.25. The average Bonchev–Trinajstić information content (AvgIpc) is 3.09. The van der Waals surface area contributed by atoms with Gasteiger partial charge in [-0.15, -0.1) is 0 Å². The molecule has 2 atom stereocenters. The van der Waals surface area contributed by atoms with Gasteiger partial charge in [0, 0.05) is 20.6 Å². The molecule has 1 aliphatic heterocycles. The molecule has 0 fully saturated rings. The predicted octanol–water partition coefficient (Wildman–Crippen LogP) is 6.48. The first-order valence-corrected chi connectivity index (χ1v) is 9.35. The van der Waals surface area contributed by atoms with Crippen LogP contribution >= 0.6 is 34.8 Å². The van der Waals surface area contributed by atoms with Gasteiger partial charge < -0.3 is 5.32 Å². The highest BCUT2D eigenvalue weighted by atomic mass is 35.5. The van der Waals surface area contributed by atoms with E-state index in [1.54, 1.807) is 0 Å². The molecule has 0 bridgehead atoms. The standard InChI is InChI=1S/C21H15Cl3N2/c22-16-7-1-13(2-8-16)19-20(14-3-9-17(23)10-4-14)26-21(25-19)15-5-11-18(24)12-6-15/h1-12,19-20H,(H,25,26)/t19-,20+. The van der Waals surface area contributed by atoms with Gasteiger partial charge in [-0.25, -0.2) is 0 Å². The van der Waals surface area contributed by atoms with Gasteiger partial charge in [-0.1, -0.05) is 59.1 Å². The Hall–Kier alpha value is -2.00. The van der Waals surface area contributed by atoms with Gasteiger partial charge in [-0.3, -0.25) is 4.99 Å². The van der Waals surface area contributed by atoms with E-state index in [0.717, 1.165) is 22.5 Å². The minimum Gasteiger partial charge on any atom is -0.361 e. The van der Waals surface area contributed by atoms with Crippen molar-refractivity contribution in [3.63, 3.8) is 0 Å². The van der Waals surface area contributed by atoms with E-state index in [4.69, 9.17) is 39.8 Å². The number of nitrogens with zero attached hydrogens (tertiary/aromatic N) is 1. The second kappa shape index (κ2) is 7.32. The van der Waals surface area contributed by atoms with Crippen molar-refractivity contribution in [1.82, 2.24) is 5.32 Å². The SMILES string of the molecule is Clc1ccc(C2=N[C@H](c3ccc(Cl)cc3)[C@H](c3ccc(Cl)cc3)N2)cc1. The van der Waals surface area contributed by atoms with Crippen molar-refractivity contribution < 1.29 is 0 Å². The second-order valence-electron chi connectivity index (χ2n) is 6.15. The molecule has 0 aromatic heterocycles. The molecule has 26 heavy (non-hydrogen) atoms. The maximum atomic E-state index is 6.05. The maximum absolute atomic E-state index is 6.05. The van der Waals surface area contributed by atoms with E-state index in [-0.39, 0.29) is 12.1 Å². The minimum atomic E-state index is -0.0564. The largest absolute Gasteiger partial charge is 0.361 e. The Morgan fingerprint density at radius 1 is 0.615 bits per heavy atom. The van der Waals surface area contributed by atoms with E-state index in [9.17, 15) is 0 Å². The Bertz CT molecular complexity index is 933. The maximum Gasteiger partial charge on any atom is 0.129 e. The van der Waals surface area contributed by atoms with Gasteiger partial charge >= 0.3 is 0 Å². The summed E-state index contributed by atoms with van der Waals surface area (Å²) < 4.78 is 0. The Labute approximate surface area is 167 Å². The van der Waals surface area contributed by atoms with Crippen molar-refractivity contribution in [2.45, 2.75) is 12.1 Å². The van der Waals surface area contributed by atoms with E-state index in [0.29, 0.717) is 15.1 Å². The Morgan fingerprint density at radius 3 is 1.62 bits per heavy atom. The van der Waals surface area contributed by atoms with E-state index < -0.39 is 0 Å². The fourth-order valence-electron chi connectivity index (χ4n) is 3.11. The lowest BCUT2D eigenvalue weighted by Gasteiger charge is -2.20. The number of amidine groups is 1. The first-order chi connectivity index (χ1) is 12.6. The lowest BCUT2D eigenvalue weighted by molar-refractivity contribution is 0.572. The molecule has 0 amide bonds. The molecule has 3 aromatic carbocycles. The van der Waals surface area contributed by atoms with Crippen molar-refractivity contribution in [2.24, 2.45) is 4.99 Å². The van der Waals surface area contributed by atoms with Gasteiger partial charge in [0.2, 0.25) is 0 Å². The molecule has 3 aromatic rings. The first kappa shape index (κ1) is 17.4. The van der Waals surface area contributed by atoms with Crippen molar-refractivity contribution in [1.29, 1.82) is 0 Å². The van der Waals surface area contributed by atoms with Crippen LogP contribution in [0.5, 0.6) is 0 Å². The molecule has 0 radical (unpaired) electrons. The number of halogens is 3. The summed E-state index contributed by atoms with van der Waals surface area (Å²) in [6.07, 6.45) is 0. The Balaban J connectivity index is 1.74. The minimum absolute atomic E-state index is 0.0131. The summed E-state index contributed by atoms with van der Waals surface area (Å²) in [4.78, 5) is 4.95. The van der Waals surface area contributed by atoms with Gasteiger partial charge in [-0.05, 0) is 59.7 Å². The lowest BCUT2D eigenvalue weighted by atomic mass is 9.95. The molecule has 4 rings (SSSR count). The molecule has 1 heterocycles. The highest BCUT2D eigenvalue weighted by Gasteiger charge is 2.31. The quantitative estimate of drug-likeness (QED) is 0.533. The number of hydrogen-bond acceptors (Lipinski definition) is 2. The third kappa shape index (κ3) is 3.59. The van der Waals surface area contributed by atoms with Crippen LogP contribution in [0.3, 0.4) is 0 Å². The van der Waals surface area contributed by atoms with Gasteiger partial charge in [0.15, 0.2) is 0 Å². The van der Waals surface area contributed by atoms with E-state index >= 15 is 0 Å². The molecule has 1 aliphatic rings. The highest BCUT2D eigenvalue weighted by Crippen LogP contribution is 2.37. The number of nitrogens with one attached hydrogen (secondary N) is 1. The molecule has 0 saturated heterocycles. The zero-order chi connectivity index (χ0) is 18.1. The van der Waals surface area contributed by atoms with Crippen molar-refractivity contribution in [3.8, 4) is 0 Å². The third-order valence-corrected chi connectivity index (χ3v) is 5.19. The summed E-state index contributed by atoms with van der Waals surface area (Å²) in [5.74, 6) is 0.849. The van der Waals surface area contributed by atoms with Gasteiger partial charge in [-0.2, -0.15) is 0 Å². The number of aliphatic imine (C=N–C) groups is 1. The highest BCUT2D eigenvalue weighted by molar-refractivity contribution is 6.31. The van der Waals surface area contributed by atoms with Gasteiger partial charge in [0.25, 0.3) is 0 Å². The summed E-state index contributed by atoms with van der Waals surface area (Å²) in [7, 11) is 0. The van der Waals surface area contributed by atoms with Crippen LogP contribution in [0.15, 0.2) is 77.8 Å². The van der Waals surface area contributed by atoms with Crippen LogP contribution in [0, 0.1) is 0 Å². The summed E-state index contributed by atoms with van der Waals surface area (Å²) in [5.41, 5.74) is 3.23. The third-order valence-electron chi connectivity index (χ3n) is 4.43. The molecule has 2 nitrogen and oxygen atoms in total. The van der Waals surface area contributed by atoms with Crippen LogP contribution in [-0.2, 0) is 0 Å². The molecule has 130 valence electrons. The number of hydrogen-bond donors (Lipinski definition) is 1. The summed E-state index contributed by atoms with van der Waals surface area (Å²) in [5, 5.41) is 5.69. The van der Waals surface area contributed by atoms with E-state index in [1.807, 2.05) is 72.8 Å². The van der Waals surface area contributed by atoms with Crippen LogP contribution in [0.4, 0.5) is 0 Å². The van der Waals surface area contributed by atoms with Crippen LogP contribution in [0.1, 0.15) is 28.8 Å². The molecular weight excluding hydrogens is 387 g/mol. The molecule has 1 N–H and O–H groups in total. The Morgan fingerprint density at radius 2 is 1.08 bits per heavy atom. The zero-order valence-corrected chi connectivity index (χ0v) is 15.9. The van der Waals surface area contributed by atoms with E-state index in [2.05, 4.69) is 5.32 Å². The fourth-order valence-corrected chi connectivity index (χ4v) is 3.48. The zero-order valence-electron chi connectivity index (χ0n) is 13.7. The predicted molar refractivity (Wildman–Crippen MR) is 110 cm³/mol. The molecule has 5 heteroatoms. The number of benzene rings is 3. The normalized spacial score (nSPS) is 19.1. The summed E-state index contributed by atoms with van der Waals surface area (Å²) in [6, 6.07) is 23.3. The van der Waals surface area contributed by atoms with Crippen molar-refractivity contribution in [2.75, 3.05) is 0 Å².